The predicted octanol–water partition coefficient (Wildman–Crippen LogP) is 2.29. The zero-order valence-corrected chi connectivity index (χ0v) is 9.19. The molecule has 0 saturated heterocycles. The number of halogens is 1. The van der Waals surface area contributed by atoms with Crippen molar-refractivity contribution in [3.05, 3.63) is 47.2 Å². The molecule has 0 unspecified atom stereocenters. The molecule has 0 amide bonds. The monoisotopic (exact) mass is 235 g/mol. The minimum atomic E-state index is 0.198. The van der Waals surface area contributed by atoms with Crippen molar-refractivity contribution in [3.8, 4) is 5.88 Å². The largest absolute Gasteiger partial charge is 0.470 e. The summed E-state index contributed by atoms with van der Waals surface area (Å²) in [6.45, 7) is 0.404. The van der Waals surface area contributed by atoms with Crippen LogP contribution in [0.15, 0.2) is 36.5 Å². The molecule has 4 nitrogen and oxygen atoms in total. The van der Waals surface area contributed by atoms with Gasteiger partial charge >= 0.3 is 0 Å². The maximum absolute atomic E-state index is 5.62. The lowest BCUT2D eigenvalue weighted by molar-refractivity contribution is 0.294. The fraction of sp³-hybridized carbons (Fsp3) is 0.0909. The Hall–Kier alpha value is -1.81. The fourth-order valence-corrected chi connectivity index (χ4v) is 1.35. The standard InChI is InChI=1S/C11H10ClN3O/c12-9-6-14-11(10(13)15-9)16-7-8-4-2-1-3-5-8/h1-6H,7H2,(H2,13,15). The van der Waals surface area contributed by atoms with Crippen LogP contribution >= 0.6 is 11.6 Å². The third-order valence-corrected chi connectivity index (χ3v) is 2.14. The topological polar surface area (TPSA) is 61.0 Å². The molecule has 16 heavy (non-hydrogen) atoms. The molecule has 0 radical (unpaired) electrons. The molecule has 82 valence electrons. The first-order valence-electron chi connectivity index (χ1n) is 4.70. The Morgan fingerprint density at radius 1 is 1.25 bits per heavy atom. The summed E-state index contributed by atoms with van der Waals surface area (Å²) in [6, 6.07) is 9.74. The Morgan fingerprint density at radius 3 is 2.69 bits per heavy atom. The number of hydrogen-bond acceptors (Lipinski definition) is 4. The van der Waals surface area contributed by atoms with E-state index in [9.17, 15) is 0 Å². The molecule has 5 heteroatoms. The number of hydrogen-bond donors (Lipinski definition) is 1. The third-order valence-electron chi connectivity index (χ3n) is 1.95. The molecule has 1 aromatic carbocycles. The van der Waals surface area contributed by atoms with Crippen molar-refractivity contribution in [3.63, 3.8) is 0 Å². The number of nitrogens with two attached hydrogens (primary N) is 1. The van der Waals surface area contributed by atoms with Gasteiger partial charge in [-0.25, -0.2) is 9.97 Å². The lowest BCUT2D eigenvalue weighted by atomic mass is 10.2. The number of nitrogen functional groups attached to an aromatic ring is 1. The van der Waals surface area contributed by atoms with Gasteiger partial charge in [0.15, 0.2) is 5.82 Å². The van der Waals surface area contributed by atoms with E-state index in [0.29, 0.717) is 12.5 Å². The van der Waals surface area contributed by atoms with E-state index < -0.39 is 0 Å². The normalized spacial score (nSPS) is 10.1. The minimum Gasteiger partial charge on any atom is -0.470 e. The molecule has 0 fully saturated rings. The van der Waals surface area contributed by atoms with E-state index >= 15 is 0 Å². The molecule has 0 aliphatic rings. The maximum Gasteiger partial charge on any atom is 0.257 e. The van der Waals surface area contributed by atoms with E-state index in [1.165, 1.54) is 6.20 Å². The molecule has 0 bridgehead atoms. The first-order chi connectivity index (χ1) is 7.75. The van der Waals surface area contributed by atoms with Gasteiger partial charge in [0.05, 0.1) is 6.20 Å². The molecule has 0 aliphatic heterocycles. The quantitative estimate of drug-likeness (QED) is 0.887. The van der Waals surface area contributed by atoms with Gasteiger partial charge in [-0.15, -0.1) is 0 Å². The van der Waals surface area contributed by atoms with Crippen molar-refractivity contribution in [1.82, 2.24) is 9.97 Å². The number of nitrogens with zero attached hydrogens (tertiary/aromatic N) is 2. The highest BCUT2D eigenvalue weighted by atomic mass is 35.5. The molecule has 2 N–H and O–H groups in total. The summed E-state index contributed by atoms with van der Waals surface area (Å²) in [5.41, 5.74) is 6.64. The van der Waals surface area contributed by atoms with E-state index in [-0.39, 0.29) is 11.0 Å². The highest BCUT2D eigenvalue weighted by Crippen LogP contribution is 2.18. The van der Waals surface area contributed by atoms with Crippen molar-refractivity contribution in [2.45, 2.75) is 6.61 Å². The Kier molecular flexibility index (Phi) is 3.22. The number of rotatable bonds is 3. The van der Waals surface area contributed by atoms with Gasteiger partial charge < -0.3 is 10.5 Å². The van der Waals surface area contributed by atoms with E-state index in [1.807, 2.05) is 30.3 Å². The van der Waals surface area contributed by atoms with Crippen molar-refractivity contribution >= 4 is 17.4 Å². The van der Waals surface area contributed by atoms with Crippen LogP contribution in [0.2, 0.25) is 5.15 Å². The zero-order valence-electron chi connectivity index (χ0n) is 8.43. The predicted molar refractivity (Wildman–Crippen MR) is 62.2 cm³/mol. The Labute approximate surface area is 98.0 Å². The average molecular weight is 236 g/mol. The van der Waals surface area contributed by atoms with Gasteiger partial charge in [-0.05, 0) is 5.56 Å². The average Bonchev–Trinajstić information content (AvgIpc) is 2.29. The van der Waals surface area contributed by atoms with Gasteiger partial charge in [0.2, 0.25) is 0 Å². The summed E-state index contributed by atoms with van der Waals surface area (Å²) in [5, 5.41) is 0.254. The van der Waals surface area contributed by atoms with Crippen LogP contribution in [0.4, 0.5) is 5.82 Å². The summed E-state index contributed by atoms with van der Waals surface area (Å²) >= 11 is 5.62. The Bertz CT molecular complexity index is 476. The molecular formula is C11H10ClN3O. The van der Waals surface area contributed by atoms with Crippen LogP contribution in [0.3, 0.4) is 0 Å². The van der Waals surface area contributed by atoms with Crippen LogP contribution in [-0.4, -0.2) is 9.97 Å². The minimum absolute atomic E-state index is 0.198. The van der Waals surface area contributed by atoms with Crippen LogP contribution in [0.1, 0.15) is 5.56 Å². The zero-order chi connectivity index (χ0) is 11.4. The van der Waals surface area contributed by atoms with Crippen molar-refractivity contribution in [1.29, 1.82) is 0 Å². The molecular weight excluding hydrogens is 226 g/mol. The van der Waals surface area contributed by atoms with Gasteiger partial charge in [-0.1, -0.05) is 41.9 Å². The number of benzene rings is 1. The van der Waals surface area contributed by atoms with Gasteiger partial charge in [0, 0.05) is 0 Å². The Balaban J connectivity index is 2.05. The molecule has 0 saturated carbocycles. The van der Waals surface area contributed by atoms with E-state index in [1.54, 1.807) is 0 Å². The summed E-state index contributed by atoms with van der Waals surface area (Å²) < 4.78 is 5.42. The summed E-state index contributed by atoms with van der Waals surface area (Å²) in [5.74, 6) is 0.497. The van der Waals surface area contributed by atoms with E-state index in [0.717, 1.165) is 5.56 Å². The highest BCUT2D eigenvalue weighted by Gasteiger charge is 2.04. The smallest absolute Gasteiger partial charge is 0.257 e. The third kappa shape index (κ3) is 2.61. The van der Waals surface area contributed by atoms with E-state index in [4.69, 9.17) is 22.1 Å². The van der Waals surface area contributed by atoms with Crippen LogP contribution in [-0.2, 0) is 6.61 Å². The van der Waals surface area contributed by atoms with Crippen molar-refractivity contribution < 1.29 is 4.74 Å². The molecule has 0 atom stereocenters. The van der Waals surface area contributed by atoms with Crippen LogP contribution in [0.5, 0.6) is 5.88 Å². The lowest BCUT2D eigenvalue weighted by Gasteiger charge is -2.06. The van der Waals surface area contributed by atoms with Gasteiger partial charge in [0.25, 0.3) is 5.88 Å². The van der Waals surface area contributed by atoms with Crippen LogP contribution < -0.4 is 10.5 Å². The summed E-state index contributed by atoms with van der Waals surface area (Å²) in [4.78, 5) is 7.79. The Morgan fingerprint density at radius 2 is 2.00 bits per heavy atom. The van der Waals surface area contributed by atoms with Crippen molar-refractivity contribution in [2.24, 2.45) is 0 Å². The summed E-state index contributed by atoms with van der Waals surface area (Å²) in [7, 11) is 0. The number of aromatic nitrogens is 2. The molecule has 0 aliphatic carbocycles. The number of anilines is 1. The second-order valence-electron chi connectivity index (χ2n) is 3.16. The maximum atomic E-state index is 5.62. The molecule has 2 rings (SSSR count). The second kappa shape index (κ2) is 4.81. The lowest BCUT2D eigenvalue weighted by Crippen LogP contribution is -2.02. The van der Waals surface area contributed by atoms with E-state index in [2.05, 4.69) is 9.97 Å². The molecule has 1 aromatic heterocycles. The first kappa shape index (κ1) is 10.7. The van der Waals surface area contributed by atoms with Crippen LogP contribution in [0, 0.1) is 0 Å². The highest BCUT2D eigenvalue weighted by molar-refractivity contribution is 6.29. The SMILES string of the molecule is Nc1nc(Cl)cnc1OCc1ccccc1. The van der Waals surface area contributed by atoms with Gasteiger partial charge in [-0.2, -0.15) is 0 Å². The molecule has 2 aromatic rings. The van der Waals surface area contributed by atoms with Crippen LogP contribution in [0.25, 0.3) is 0 Å². The molecule has 1 heterocycles. The fourth-order valence-electron chi connectivity index (χ4n) is 1.21. The van der Waals surface area contributed by atoms with Gasteiger partial charge in [-0.3, -0.25) is 0 Å². The second-order valence-corrected chi connectivity index (χ2v) is 3.54. The van der Waals surface area contributed by atoms with Crippen molar-refractivity contribution in [2.75, 3.05) is 5.73 Å². The van der Waals surface area contributed by atoms with Gasteiger partial charge in [0.1, 0.15) is 11.8 Å². The summed E-state index contributed by atoms with van der Waals surface area (Å²) in [6.07, 6.45) is 1.40. The number of ether oxygens (including phenoxy) is 1. The molecule has 0 spiro atoms. The first-order valence-corrected chi connectivity index (χ1v) is 5.08.